The number of hydrogen-bond donors (Lipinski definition) is 1. The molecule has 0 atom stereocenters. The average Bonchev–Trinajstić information content (AvgIpc) is 3.22. The van der Waals surface area contributed by atoms with Crippen molar-refractivity contribution in [2.75, 3.05) is 19.0 Å². The Morgan fingerprint density at radius 2 is 2.21 bits per heavy atom. The normalized spacial score (nSPS) is 10.6. The highest BCUT2D eigenvalue weighted by molar-refractivity contribution is 7.13. The van der Waals surface area contributed by atoms with E-state index in [9.17, 15) is 4.79 Å². The van der Waals surface area contributed by atoms with Gasteiger partial charge in [0.15, 0.2) is 0 Å². The lowest BCUT2D eigenvalue weighted by molar-refractivity contribution is 0.0941. The van der Waals surface area contributed by atoms with E-state index >= 15 is 0 Å². The zero-order valence-electron chi connectivity index (χ0n) is 13.7. The van der Waals surface area contributed by atoms with Gasteiger partial charge in [-0.25, -0.2) is 9.97 Å². The van der Waals surface area contributed by atoms with Crippen LogP contribution in [0.25, 0.3) is 10.6 Å². The molecule has 0 spiro atoms. The summed E-state index contributed by atoms with van der Waals surface area (Å²) in [5.74, 6) is 0.431. The second kappa shape index (κ2) is 6.79. The molecule has 3 rings (SSSR count). The first kappa shape index (κ1) is 16.1. The van der Waals surface area contributed by atoms with Crippen molar-refractivity contribution in [3.05, 3.63) is 47.2 Å². The van der Waals surface area contributed by atoms with Crippen LogP contribution in [0, 0.1) is 0 Å². The van der Waals surface area contributed by atoms with Gasteiger partial charge in [0, 0.05) is 27.3 Å². The van der Waals surface area contributed by atoms with Gasteiger partial charge in [0.1, 0.15) is 11.4 Å². The summed E-state index contributed by atoms with van der Waals surface area (Å²) in [6, 6.07) is 7.53. The van der Waals surface area contributed by atoms with E-state index in [2.05, 4.69) is 20.4 Å². The van der Waals surface area contributed by atoms with Gasteiger partial charge in [-0.05, 0) is 23.6 Å². The molecule has 3 aromatic heterocycles. The van der Waals surface area contributed by atoms with Crippen LogP contribution in [0.5, 0.6) is 0 Å². The molecule has 0 radical (unpaired) electrons. The molecule has 0 fully saturated rings. The summed E-state index contributed by atoms with van der Waals surface area (Å²) < 4.78 is 1.59. The first-order chi connectivity index (χ1) is 11.5. The fourth-order valence-corrected chi connectivity index (χ4v) is 2.87. The Labute approximate surface area is 144 Å². The van der Waals surface area contributed by atoms with Crippen molar-refractivity contribution in [1.82, 2.24) is 25.1 Å². The van der Waals surface area contributed by atoms with Crippen LogP contribution in [0.4, 0.5) is 5.95 Å². The standard InChI is InChI=1S/C16H18N6OS/c1-21(2)16-17-7-6-11(19-16)10-18-15(23)13-9-12(20-22(13)3)14-5-4-8-24-14/h4-9H,10H2,1-3H3,(H,18,23). The minimum Gasteiger partial charge on any atom is -0.347 e. The molecule has 0 aliphatic heterocycles. The first-order valence-electron chi connectivity index (χ1n) is 7.40. The summed E-state index contributed by atoms with van der Waals surface area (Å²) in [5, 5.41) is 9.26. The van der Waals surface area contributed by atoms with Crippen LogP contribution in [0.15, 0.2) is 35.8 Å². The molecular formula is C16H18N6OS. The molecule has 0 bridgehead atoms. The summed E-state index contributed by atoms with van der Waals surface area (Å²) >= 11 is 1.60. The molecule has 8 heteroatoms. The van der Waals surface area contributed by atoms with Crippen LogP contribution in [0.1, 0.15) is 16.2 Å². The number of aromatic nitrogens is 4. The maximum Gasteiger partial charge on any atom is 0.269 e. The third-order valence-corrected chi connectivity index (χ3v) is 4.31. The molecule has 0 aliphatic carbocycles. The van der Waals surface area contributed by atoms with Crippen molar-refractivity contribution in [1.29, 1.82) is 0 Å². The second-order valence-corrected chi connectivity index (χ2v) is 6.39. The molecular weight excluding hydrogens is 324 g/mol. The molecule has 3 heterocycles. The van der Waals surface area contributed by atoms with Crippen LogP contribution < -0.4 is 10.2 Å². The molecule has 3 aromatic rings. The number of anilines is 1. The van der Waals surface area contributed by atoms with Gasteiger partial charge in [0.2, 0.25) is 5.95 Å². The SMILES string of the molecule is CN(C)c1nccc(CNC(=O)c2cc(-c3cccs3)nn2C)n1. The Morgan fingerprint density at radius 1 is 1.38 bits per heavy atom. The minimum absolute atomic E-state index is 0.183. The Kier molecular flexibility index (Phi) is 4.57. The summed E-state index contributed by atoms with van der Waals surface area (Å²) in [5.41, 5.74) is 2.07. The van der Waals surface area contributed by atoms with Crippen LogP contribution in [-0.2, 0) is 13.6 Å². The van der Waals surface area contributed by atoms with E-state index in [0.717, 1.165) is 16.3 Å². The van der Waals surface area contributed by atoms with Crippen LogP contribution in [0.3, 0.4) is 0 Å². The molecule has 0 saturated carbocycles. The highest BCUT2D eigenvalue weighted by Gasteiger charge is 2.15. The Morgan fingerprint density at radius 3 is 2.92 bits per heavy atom. The number of thiophene rings is 1. The molecule has 0 unspecified atom stereocenters. The average molecular weight is 342 g/mol. The first-order valence-corrected chi connectivity index (χ1v) is 8.28. The number of carbonyl (C=O) groups is 1. The number of hydrogen-bond acceptors (Lipinski definition) is 6. The van der Waals surface area contributed by atoms with Crippen LogP contribution >= 0.6 is 11.3 Å². The smallest absolute Gasteiger partial charge is 0.269 e. The van der Waals surface area contributed by atoms with Gasteiger partial charge in [-0.3, -0.25) is 9.48 Å². The molecule has 124 valence electrons. The van der Waals surface area contributed by atoms with Crippen molar-refractivity contribution < 1.29 is 4.79 Å². The van der Waals surface area contributed by atoms with E-state index in [1.165, 1.54) is 0 Å². The Balaban J connectivity index is 1.70. The van der Waals surface area contributed by atoms with Gasteiger partial charge < -0.3 is 10.2 Å². The quantitative estimate of drug-likeness (QED) is 0.767. The van der Waals surface area contributed by atoms with E-state index in [0.29, 0.717) is 18.2 Å². The van der Waals surface area contributed by atoms with E-state index < -0.39 is 0 Å². The third-order valence-electron chi connectivity index (χ3n) is 3.42. The number of nitrogens with zero attached hydrogens (tertiary/aromatic N) is 5. The predicted molar refractivity (Wildman–Crippen MR) is 94.1 cm³/mol. The summed E-state index contributed by atoms with van der Waals surface area (Å²) in [6.07, 6.45) is 1.68. The highest BCUT2D eigenvalue weighted by atomic mass is 32.1. The van der Waals surface area contributed by atoms with Gasteiger partial charge in [0.25, 0.3) is 5.91 Å². The highest BCUT2D eigenvalue weighted by Crippen LogP contribution is 2.23. The summed E-state index contributed by atoms with van der Waals surface area (Å²) in [6.45, 7) is 0.335. The maximum absolute atomic E-state index is 12.4. The number of nitrogens with one attached hydrogen (secondary N) is 1. The lowest BCUT2D eigenvalue weighted by atomic mass is 10.3. The minimum atomic E-state index is -0.183. The van der Waals surface area contributed by atoms with Gasteiger partial charge in [0.05, 0.1) is 17.1 Å². The topological polar surface area (TPSA) is 75.9 Å². The molecule has 1 N–H and O–H groups in total. The van der Waals surface area contributed by atoms with Crippen LogP contribution in [0.2, 0.25) is 0 Å². The number of aryl methyl sites for hydroxylation is 1. The van der Waals surface area contributed by atoms with E-state index in [1.54, 1.807) is 41.4 Å². The maximum atomic E-state index is 12.4. The molecule has 0 aliphatic rings. The lowest BCUT2D eigenvalue weighted by Crippen LogP contribution is -2.26. The molecule has 24 heavy (non-hydrogen) atoms. The monoisotopic (exact) mass is 342 g/mol. The lowest BCUT2D eigenvalue weighted by Gasteiger charge is -2.11. The number of rotatable bonds is 5. The second-order valence-electron chi connectivity index (χ2n) is 5.44. The predicted octanol–water partition coefficient (Wildman–Crippen LogP) is 1.93. The van der Waals surface area contributed by atoms with Crippen molar-refractivity contribution in [2.24, 2.45) is 7.05 Å². The summed E-state index contributed by atoms with van der Waals surface area (Å²) in [4.78, 5) is 23.8. The molecule has 7 nitrogen and oxygen atoms in total. The summed E-state index contributed by atoms with van der Waals surface area (Å²) in [7, 11) is 5.51. The number of carbonyl (C=O) groups excluding carboxylic acids is 1. The number of amides is 1. The fraction of sp³-hybridized carbons (Fsp3) is 0.250. The molecule has 1 amide bonds. The van der Waals surface area contributed by atoms with E-state index in [-0.39, 0.29) is 5.91 Å². The Hall–Kier alpha value is -2.74. The van der Waals surface area contributed by atoms with Gasteiger partial charge in [-0.15, -0.1) is 11.3 Å². The van der Waals surface area contributed by atoms with E-state index in [4.69, 9.17) is 0 Å². The zero-order valence-corrected chi connectivity index (χ0v) is 14.5. The van der Waals surface area contributed by atoms with Crippen LogP contribution in [-0.4, -0.2) is 39.8 Å². The Bertz CT molecular complexity index is 840. The van der Waals surface area contributed by atoms with E-state index in [1.807, 2.05) is 36.5 Å². The fourth-order valence-electron chi connectivity index (χ4n) is 2.18. The molecule has 0 saturated heterocycles. The van der Waals surface area contributed by atoms with Crippen molar-refractivity contribution in [3.63, 3.8) is 0 Å². The zero-order chi connectivity index (χ0) is 17.1. The van der Waals surface area contributed by atoms with Crippen molar-refractivity contribution in [3.8, 4) is 10.6 Å². The van der Waals surface area contributed by atoms with Gasteiger partial charge in [-0.2, -0.15) is 5.10 Å². The largest absolute Gasteiger partial charge is 0.347 e. The van der Waals surface area contributed by atoms with Gasteiger partial charge in [-0.1, -0.05) is 6.07 Å². The molecule has 0 aromatic carbocycles. The van der Waals surface area contributed by atoms with Crippen molar-refractivity contribution in [2.45, 2.75) is 6.54 Å². The van der Waals surface area contributed by atoms with Crippen molar-refractivity contribution >= 4 is 23.2 Å². The van der Waals surface area contributed by atoms with Gasteiger partial charge >= 0.3 is 0 Å². The third kappa shape index (κ3) is 3.43.